The Morgan fingerprint density at radius 1 is 1.37 bits per heavy atom. The first-order chi connectivity index (χ1) is 9.02. The zero-order valence-corrected chi connectivity index (χ0v) is 10.8. The van der Waals surface area contributed by atoms with Crippen molar-refractivity contribution in [1.82, 2.24) is 5.32 Å². The van der Waals surface area contributed by atoms with Crippen LogP contribution in [0.5, 0.6) is 0 Å². The molecule has 0 spiro atoms. The standard InChI is InChI=1S/C13H16F2N2O2/c1-7-11(3-4-19-7)17-13(18)8-5-9(14)12(16-2)10(15)6-8/h5-7,11,16H,3-4H2,1-2H3,(H,17,18). The predicted octanol–water partition coefficient (Wildman–Crippen LogP) is 1.91. The van der Waals surface area contributed by atoms with E-state index in [0.717, 1.165) is 12.1 Å². The molecule has 1 heterocycles. The van der Waals surface area contributed by atoms with E-state index in [-0.39, 0.29) is 23.4 Å². The van der Waals surface area contributed by atoms with Gasteiger partial charge in [-0.2, -0.15) is 0 Å². The van der Waals surface area contributed by atoms with Gasteiger partial charge in [-0.25, -0.2) is 8.78 Å². The van der Waals surface area contributed by atoms with Crippen molar-refractivity contribution < 1.29 is 18.3 Å². The summed E-state index contributed by atoms with van der Waals surface area (Å²) in [5, 5.41) is 5.13. The van der Waals surface area contributed by atoms with E-state index in [1.807, 2.05) is 6.92 Å². The van der Waals surface area contributed by atoms with Crippen molar-refractivity contribution in [2.75, 3.05) is 19.0 Å². The average molecular weight is 270 g/mol. The molecule has 1 aliphatic heterocycles. The normalized spacial score (nSPS) is 22.3. The van der Waals surface area contributed by atoms with Gasteiger partial charge in [0.1, 0.15) is 17.3 Å². The number of amides is 1. The van der Waals surface area contributed by atoms with Crippen LogP contribution in [-0.4, -0.2) is 31.7 Å². The maximum Gasteiger partial charge on any atom is 0.251 e. The first kappa shape index (κ1) is 13.7. The minimum atomic E-state index is -0.789. The molecule has 1 amide bonds. The van der Waals surface area contributed by atoms with Crippen LogP contribution in [0.1, 0.15) is 23.7 Å². The Kier molecular flexibility index (Phi) is 3.99. The first-order valence-electron chi connectivity index (χ1n) is 6.12. The van der Waals surface area contributed by atoms with Crippen molar-refractivity contribution in [2.24, 2.45) is 0 Å². The lowest BCUT2D eigenvalue weighted by atomic mass is 10.1. The van der Waals surface area contributed by atoms with Gasteiger partial charge in [0.25, 0.3) is 5.91 Å². The highest BCUT2D eigenvalue weighted by atomic mass is 19.1. The summed E-state index contributed by atoms with van der Waals surface area (Å²) in [6, 6.07) is 1.91. The molecule has 19 heavy (non-hydrogen) atoms. The number of halogens is 2. The molecule has 1 saturated heterocycles. The molecule has 1 aromatic carbocycles. The fraction of sp³-hybridized carbons (Fsp3) is 0.462. The van der Waals surface area contributed by atoms with Gasteiger partial charge in [0.05, 0.1) is 12.1 Å². The number of nitrogens with one attached hydrogen (secondary N) is 2. The van der Waals surface area contributed by atoms with Crippen LogP contribution in [0.4, 0.5) is 14.5 Å². The Bertz CT molecular complexity index is 471. The quantitative estimate of drug-likeness (QED) is 0.882. The minimum Gasteiger partial charge on any atom is -0.383 e. The number of benzene rings is 1. The van der Waals surface area contributed by atoms with Gasteiger partial charge in [-0.05, 0) is 25.5 Å². The van der Waals surface area contributed by atoms with Crippen LogP contribution in [0.15, 0.2) is 12.1 Å². The van der Waals surface area contributed by atoms with E-state index in [4.69, 9.17) is 4.74 Å². The molecular weight excluding hydrogens is 254 g/mol. The van der Waals surface area contributed by atoms with Crippen LogP contribution in [-0.2, 0) is 4.74 Å². The van der Waals surface area contributed by atoms with E-state index in [1.54, 1.807) is 0 Å². The van der Waals surface area contributed by atoms with Crippen LogP contribution in [0, 0.1) is 11.6 Å². The van der Waals surface area contributed by atoms with E-state index in [2.05, 4.69) is 10.6 Å². The highest BCUT2D eigenvalue weighted by Gasteiger charge is 2.26. The van der Waals surface area contributed by atoms with Crippen LogP contribution in [0.3, 0.4) is 0 Å². The fourth-order valence-corrected chi connectivity index (χ4v) is 2.12. The summed E-state index contributed by atoms with van der Waals surface area (Å²) in [4.78, 5) is 11.9. The topological polar surface area (TPSA) is 50.4 Å². The molecule has 2 atom stereocenters. The molecule has 0 saturated carbocycles. The maximum atomic E-state index is 13.6. The second-order valence-electron chi connectivity index (χ2n) is 4.51. The number of carbonyl (C=O) groups is 1. The maximum absolute atomic E-state index is 13.6. The van der Waals surface area contributed by atoms with Crippen molar-refractivity contribution >= 4 is 11.6 Å². The highest BCUT2D eigenvalue weighted by molar-refractivity contribution is 5.94. The summed E-state index contributed by atoms with van der Waals surface area (Å²) < 4.78 is 32.4. The molecule has 1 fully saturated rings. The number of hydrogen-bond acceptors (Lipinski definition) is 3. The molecule has 1 aromatic rings. The van der Waals surface area contributed by atoms with E-state index >= 15 is 0 Å². The van der Waals surface area contributed by atoms with Crippen LogP contribution >= 0.6 is 0 Å². The van der Waals surface area contributed by atoms with Gasteiger partial charge in [0.2, 0.25) is 0 Å². The van der Waals surface area contributed by atoms with E-state index in [1.165, 1.54) is 7.05 Å². The second-order valence-corrected chi connectivity index (χ2v) is 4.51. The SMILES string of the molecule is CNc1c(F)cc(C(=O)NC2CCOC2C)cc1F. The summed E-state index contributed by atoms with van der Waals surface area (Å²) >= 11 is 0. The van der Waals surface area contributed by atoms with E-state index in [0.29, 0.717) is 13.0 Å². The number of ether oxygens (including phenoxy) is 1. The molecule has 0 aromatic heterocycles. The van der Waals surface area contributed by atoms with Crippen LogP contribution < -0.4 is 10.6 Å². The van der Waals surface area contributed by atoms with Crippen molar-refractivity contribution in [1.29, 1.82) is 0 Å². The predicted molar refractivity (Wildman–Crippen MR) is 67.2 cm³/mol. The summed E-state index contributed by atoms with van der Waals surface area (Å²) in [6.07, 6.45) is 0.613. The lowest BCUT2D eigenvalue weighted by Crippen LogP contribution is -2.39. The molecular formula is C13H16F2N2O2. The van der Waals surface area contributed by atoms with Crippen LogP contribution in [0.2, 0.25) is 0 Å². The second kappa shape index (κ2) is 5.52. The molecule has 0 radical (unpaired) electrons. The van der Waals surface area contributed by atoms with Crippen LogP contribution in [0.25, 0.3) is 0 Å². The number of rotatable bonds is 3. The Morgan fingerprint density at radius 3 is 2.47 bits per heavy atom. The van der Waals surface area contributed by atoms with Gasteiger partial charge in [-0.15, -0.1) is 0 Å². The lowest BCUT2D eigenvalue weighted by Gasteiger charge is -2.16. The zero-order valence-electron chi connectivity index (χ0n) is 10.8. The molecule has 6 heteroatoms. The molecule has 4 nitrogen and oxygen atoms in total. The molecule has 104 valence electrons. The molecule has 2 N–H and O–H groups in total. The van der Waals surface area contributed by atoms with Gasteiger partial charge in [-0.1, -0.05) is 0 Å². The molecule has 1 aliphatic rings. The summed E-state index contributed by atoms with van der Waals surface area (Å²) in [7, 11) is 1.42. The third-order valence-corrected chi connectivity index (χ3v) is 3.25. The Labute approximate surface area is 110 Å². The minimum absolute atomic E-state index is 0.0342. The molecule has 2 rings (SSSR count). The van der Waals surface area contributed by atoms with Gasteiger partial charge < -0.3 is 15.4 Å². The number of anilines is 1. The Morgan fingerprint density at radius 2 is 2.00 bits per heavy atom. The van der Waals surface area contributed by atoms with Crippen molar-refractivity contribution in [2.45, 2.75) is 25.5 Å². The van der Waals surface area contributed by atoms with E-state index in [9.17, 15) is 13.6 Å². The smallest absolute Gasteiger partial charge is 0.251 e. The molecule has 0 aliphatic carbocycles. The molecule has 2 unspecified atom stereocenters. The van der Waals surface area contributed by atoms with Gasteiger partial charge in [0, 0.05) is 19.2 Å². The summed E-state index contributed by atoms with van der Waals surface area (Å²) in [5.41, 5.74) is -0.276. The summed E-state index contributed by atoms with van der Waals surface area (Å²) in [6.45, 7) is 2.43. The Balaban J connectivity index is 2.15. The van der Waals surface area contributed by atoms with Gasteiger partial charge in [-0.3, -0.25) is 4.79 Å². The number of carbonyl (C=O) groups excluding carboxylic acids is 1. The Hall–Kier alpha value is -1.69. The third-order valence-electron chi connectivity index (χ3n) is 3.25. The van der Waals surface area contributed by atoms with Gasteiger partial charge in [0.15, 0.2) is 0 Å². The van der Waals surface area contributed by atoms with Crippen molar-refractivity contribution in [3.05, 3.63) is 29.3 Å². The number of hydrogen-bond donors (Lipinski definition) is 2. The van der Waals surface area contributed by atoms with Crippen molar-refractivity contribution in [3.63, 3.8) is 0 Å². The third kappa shape index (κ3) is 2.84. The lowest BCUT2D eigenvalue weighted by molar-refractivity contribution is 0.0865. The average Bonchev–Trinajstić information content (AvgIpc) is 2.74. The van der Waals surface area contributed by atoms with E-state index < -0.39 is 17.5 Å². The fourth-order valence-electron chi connectivity index (χ4n) is 2.12. The zero-order chi connectivity index (χ0) is 14.0. The first-order valence-corrected chi connectivity index (χ1v) is 6.12. The molecule has 0 bridgehead atoms. The monoisotopic (exact) mass is 270 g/mol. The summed E-state index contributed by atoms with van der Waals surface area (Å²) in [5.74, 6) is -2.07. The van der Waals surface area contributed by atoms with Gasteiger partial charge >= 0.3 is 0 Å². The largest absolute Gasteiger partial charge is 0.383 e. The highest BCUT2D eigenvalue weighted by Crippen LogP contribution is 2.21. The van der Waals surface area contributed by atoms with Crippen molar-refractivity contribution in [3.8, 4) is 0 Å².